The molecule has 4 nitrogen and oxygen atoms in total. The minimum absolute atomic E-state index is 0.466. The Labute approximate surface area is 72.5 Å². The molecule has 0 atom stereocenters. The molecule has 12 heavy (non-hydrogen) atoms. The summed E-state index contributed by atoms with van der Waals surface area (Å²) >= 11 is 0. The molecule has 68 valence electrons. The lowest BCUT2D eigenvalue weighted by Crippen LogP contribution is -2.13. The molecule has 0 fully saturated rings. The SMILES string of the molecule is CC(C)c1[nH]ncc1NCCN. The Morgan fingerprint density at radius 2 is 2.42 bits per heavy atom. The van der Waals surface area contributed by atoms with Crippen LogP contribution in [0.5, 0.6) is 0 Å². The number of aromatic nitrogens is 2. The van der Waals surface area contributed by atoms with Crippen molar-refractivity contribution >= 4 is 5.69 Å². The minimum atomic E-state index is 0.466. The highest BCUT2D eigenvalue weighted by molar-refractivity contribution is 5.47. The quantitative estimate of drug-likeness (QED) is 0.626. The van der Waals surface area contributed by atoms with E-state index in [1.54, 1.807) is 6.20 Å². The molecule has 4 N–H and O–H groups in total. The molecule has 0 saturated carbocycles. The van der Waals surface area contributed by atoms with E-state index >= 15 is 0 Å². The Kier molecular flexibility index (Phi) is 3.10. The monoisotopic (exact) mass is 168 g/mol. The van der Waals surface area contributed by atoms with Crippen molar-refractivity contribution in [3.63, 3.8) is 0 Å². The molecule has 0 saturated heterocycles. The van der Waals surface area contributed by atoms with Crippen LogP contribution in [0.2, 0.25) is 0 Å². The number of H-pyrrole nitrogens is 1. The number of hydrogen-bond acceptors (Lipinski definition) is 3. The van der Waals surface area contributed by atoms with Crippen LogP contribution in [0, 0.1) is 0 Å². The fraction of sp³-hybridized carbons (Fsp3) is 0.625. The lowest BCUT2D eigenvalue weighted by Gasteiger charge is -2.07. The van der Waals surface area contributed by atoms with Gasteiger partial charge < -0.3 is 11.1 Å². The van der Waals surface area contributed by atoms with Gasteiger partial charge in [0.2, 0.25) is 0 Å². The molecule has 0 spiro atoms. The number of nitrogens with zero attached hydrogens (tertiary/aromatic N) is 1. The van der Waals surface area contributed by atoms with Crippen LogP contribution in [-0.2, 0) is 0 Å². The van der Waals surface area contributed by atoms with E-state index in [0.29, 0.717) is 12.5 Å². The van der Waals surface area contributed by atoms with Crippen molar-refractivity contribution in [2.75, 3.05) is 18.4 Å². The average Bonchev–Trinajstić information content (AvgIpc) is 2.48. The van der Waals surface area contributed by atoms with Gasteiger partial charge in [0, 0.05) is 13.1 Å². The van der Waals surface area contributed by atoms with E-state index < -0.39 is 0 Å². The van der Waals surface area contributed by atoms with Gasteiger partial charge in [0.15, 0.2) is 0 Å². The lowest BCUT2D eigenvalue weighted by molar-refractivity contribution is 0.810. The molecule has 0 aliphatic carbocycles. The predicted molar refractivity (Wildman–Crippen MR) is 50.2 cm³/mol. The van der Waals surface area contributed by atoms with E-state index in [1.807, 2.05) is 0 Å². The smallest absolute Gasteiger partial charge is 0.0759 e. The van der Waals surface area contributed by atoms with Crippen molar-refractivity contribution in [3.8, 4) is 0 Å². The van der Waals surface area contributed by atoms with Gasteiger partial charge in [-0.3, -0.25) is 5.10 Å². The molecule has 0 unspecified atom stereocenters. The number of nitrogens with two attached hydrogens (primary N) is 1. The van der Waals surface area contributed by atoms with Gasteiger partial charge in [-0.2, -0.15) is 5.10 Å². The molecule has 0 aromatic carbocycles. The second-order valence-corrected chi connectivity index (χ2v) is 3.07. The van der Waals surface area contributed by atoms with Gasteiger partial charge in [-0.25, -0.2) is 0 Å². The third-order valence-corrected chi connectivity index (χ3v) is 1.71. The maximum atomic E-state index is 5.38. The summed E-state index contributed by atoms with van der Waals surface area (Å²) in [4.78, 5) is 0. The van der Waals surface area contributed by atoms with E-state index in [2.05, 4.69) is 29.4 Å². The van der Waals surface area contributed by atoms with Crippen molar-refractivity contribution in [2.45, 2.75) is 19.8 Å². The predicted octanol–water partition coefficient (Wildman–Crippen LogP) is 0.904. The van der Waals surface area contributed by atoms with E-state index in [-0.39, 0.29) is 0 Å². The molecule has 0 radical (unpaired) electrons. The highest BCUT2D eigenvalue weighted by Gasteiger charge is 2.06. The second kappa shape index (κ2) is 4.11. The van der Waals surface area contributed by atoms with E-state index in [1.165, 1.54) is 0 Å². The Morgan fingerprint density at radius 1 is 1.67 bits per heavy atom. The van der Waals surface area contributed by atoms with Gasteiger partial charge in [0.1, 0.15) is 0 Å². The summed E-state index contributed by atoms with van der Waals surface area (Å²) < 4.78 is 0. The zero-order chi connectivity index (χ0) is 8.97. The average molecular weight is 168 g/mol. The van der Waals surface area contributed by atoms with E-state index in [4.69, 9.17) is 5.73 Å². The Bertz CT molecular complexity index is 229. The van der Waals surface area contributed by atoms with Crippen LogP contribution in [0.1, 0.15) is 25.5 Å². The van der Waals surface area contributed by atoms with Gasteiger partial charge in [0.05, 0.1) is 17.6 Å². The molecule has 0 bridgehead atoms. The maximum absolute atomic E-state index is 5.38. The van der Waals surface area contributed by atoms with Crippen molar-refractivity contribution in [1.82, 2.24) is 10.2 Å². The van der Waals surface area contributed by atoms with Crippen molar-refractivity contribution in [2.24, 2.45) is 5.73 Å². The Morgan fingerprint density at radius 3 is 3.00 bits per heavy atom. The summed E-state index contributed by atoms with van der Waals surface area (Å²) in [5.74, 6) is 0.466. The maximum Gasteiger partial charge on any atom is 0.0759 e. The fourth-order valence-corrected chi connectivity index (χ4v) is 1.08. The normalized spacial score (nSPS) is 10.7. The van der Waals surface area contributed by atoms with Crippen LogP contribution in [-0.4, -0.2) is 23.3 Å². The number of aromatic amines is 1. The summed E-state index contributed by atoms with van der Waals surface area (Å²) in [5.41, 5.74) is 7.59. The number of hydrogen-bond donors (Lipinski definition) is 3. The Balaban J connectivity index is 2.64. The van der Waals surface area contributed by atoms with Gasteiger partial charge in [-0.15, -0.1) is 0 Å². The zero-order valence-electron chi connectivity index (χ0n) is 7.59. The standard InChI is InChI=1S/C8H16N4/c1-6(2)8-7(5-11-12-8)10-4-3-9/h5-6,10H,3-4,9H2,1-2H3,(H,11,12). The Hall–Kier alpha value is -1.03. The molecule has 4 heteroatoms. The third-order valence-electron chi connectivity index (χ3n) is 1.71. The molecule has 1 rings (SSSR count). The summed E-state index contributed by atoms with van der Waals surface area (Å²) in [6.45, 7) is 5.68. The van der Waals surface area contributed by atoms with Crippen LogP contribution in [0.4, 0.5) is 5.69 Å². The highest BCUT2D eigenvalue weighted by atomic mass is 15.1. The number of rotatable bonds is 4. The highest BCUT2D eigenvalue weighted by Crippen LogP contribution is 2.20. The zero-order valence-corrected chi connectivity index (χ0v) is 7.59. The molecule has 0 aliphatic rings. The lowest BCUT2D eigenvalue weighted by atomic mass is 10.1. The van der Waals surface area contributed by atoms with Crippen LogP contribution in [0.15, 0.2) is 6.20 Å². The fourth-order valence-electron chi connectivity index (χ4n) is 1.08. The molecule has 1 heterocycles. The summed E-state index contributed by atoms with van der Waals surface area (Å²) in [5, 5.41) is 10.1. The number of nitrogens with one attached hydrogen (secondary N) is 2. The van der Waals surface area contributed by atoms with Crippen LogP contribution >= 0.6 is 0 Å². The van der Waals surface area contributed by atoms with E-state index in [0.717, 1.165) is 17.9 Å². The summed E-state index contributed by atoms with van der Waals surface area (Å²) in [6, 6.07) is 0. The molecule has 1 aromatic rings. The molecular weight excluding hydrogens is 152 g/mol. The van der Waals surface area contributed by atoms with Crippen molar-refractivity contribution in [1.29, 1.82) is 0 Å². The van der Waals surface area contributed by atoms with Crippen LogP contribution in [0.25, 0.3) is 0 Å². The molecule has 0 amide bonds. The second-order valence-electron chi connectivity index (χ2n) is 3.07. The molecule has 0 aliphatic heterocycles. The van der Waals surface area contributed by atoms with Crippen molar-refractivity contribution in [3.05, 3.63) is 11.9 Å². The summed E-state index contributed by atoms with van der Waals surface area (Å²) in [6.07, 6.45) is 1.80. The molecular formula is C8H16N4. The van der Waals surface area contributed by atoms with Crippen LogP contribution in [0.3, 0.4) is 0 Å². The first kappa shape index (κ1) is 9.06. The van der Waals surface area contributed by atoms with Gasteiger partial charge in [-0.1, -0.05) is 13.8 Å². The van der Waals surface area contributed by atoms with Crippen LogP contribution < -0.4 is 11.1 Å². The van der Waals surface area contributed by atoms with Gasteiger partial charge >= 0.3 is 0 Å². The number of anilines is 1. The summed E-state index contributed by atoms with van der Waals surface area (Å²) in [7, 11) is 0. The first-order valence-electron chi connectivity index (χ1n) is 4.23. The minimum Gasteiger partial charge on any atom is -0.381 e. The molecule has 1 aromatic heterocycles. The first-order valence-corrected chi connectivity index (χ1v) is 4.23. The largest absolute Gasteiger partial charge is 0.381 e. The van der Waals surface area contributed by atoms with Crippen molar-refractivity contribution < 1.29 is 0 Å². The first-order chi connectivity index (χ1) is 5.75. The van der Waals surface area contributed by atoms with E-state index in [9.17, 15) is 0 Å². The topological polar surface area (TPSA) is 66.7 Å². The van der Waals surface area contributed by atoms with Gasteiger partial charge in [-0.05, 0) is 5.92 Å². The third kappa shape index (κ3) is 1.98. The van der Waals surface area contributed by atoms with Gasteiger partial charge in [0.25, 0.3) is 0 Å².